The largest absolute Gasteiger partial charge is 0.480 e. The van der Waals surface area contributed by atoms with Gasteiger partial charge in [0.2, 0.25) is 0 Å². The molecule has 0 saturated heterocycles. The highest BCUT2D eigenvalue weighted by Crippen LogP contribution is 2.09. The van der Waals surface area contributed by atoms with E-state index in [0.717, 1.165) is 5.75 Å². The quantitative estimate of drug-likeness (QED) is 0.770. The fourth-order valence-corrected chi connectivity index (χ4v) is 2.28. The maximum absolute atomic E-state index is 12.2. The van der Waals surface area contributed by atoms with Gasteiger partial charge >= 0.3 is 12.0 Å². The molecule has 0 radical (unpaired) electrons. The van der Waals surface area contributed by atoms with E-state index in [1.807, 2.05) is 27.0 Å². The number of carbonyl (C=O) groups excluding carboxylic acids is 1. The molecule has 106 valence electrons. The van der Waals surface area contributed by atoms with Crippen LogP contribution in [0.25, 0.3) is 0 Å². The van der Waals surface area contributed by atoms with Gasteiger partial charge in [-0.05, 0) is 19.1 Å². The number of carbonyl (C=O) groups is 2. The van der Waals surface area contributed by atoms with Crippen LogP contribution >= 0.6 is 11.8 Å². The number of rotatable bonds is 7. The zero-order chi connectivity index (χ0) is 14.3. The number of carboxylic acids is 1. The average Bonchev–Trinajstić information content (AvgIpc) is 2.25. The van der Waals surface area contributed by atoms with Crippen LogP contribution in [-0.2, 0) is 4.79 Å². The molecule has 0 aliphatic heterocycles. The van der Waals surface area contributed by atoms with E-state index in [-0.39, 0.29) is 24.5 Å². The predicted molar refractivity (Wildman–Crippen MR) is 75.0 cm³/mol. The third-order valence-corrected chi connectivity index (χ3v) is 3.37. The molecule has 0 aromatic carbocycles. The van der Waals surface area contributed by atoms with Gasteiger partial charge in [-0.3, -0.25) is 4.79 Å². The predicted octanol–water partition coefficient (Wildman–Crippen LogP) is 1.83. The molecule has 1 unspecified atom stereocenters. The Labute approximate surface area is 114 Å². The minimum atomic E-state index is -0.977. The molecule has 1 N–H and O–H groups in total. The topological polar surface area (TPSA) is 60.9 Å². The summed E-state index contributed by atoms with van der Waals surface area (Å²) in [5.41, 5.74) is 0. The number of aliphatic carboxylic acids is 1. The van der Waals surface area contributed by atoms with Crippen molar-refractivity contribution in [2.24, 2.45) is 5.92 Å². The number of amides is 2. The van der Waals surface area contributed by atoms with Crippen molar-refractivity contribution in [3.63, 3.8) is 0 Å². The maximum atomic E-state index is 12.2. The number of thioether (sulfide) groups is 1. The van der Waals surface area contributed by atoms with Crippen LogP contribution in [0, 0.1) is 5.92 Å². The molecule has 2 amide bonds. The van der Waals surface area contributed by atoms with Crippen LogP contribution in [0.4, 0.5) is 4.79 Å². The van der Waals surface area contributed by atoms with Crippen molar-refractivity contribution in [3.05, 3.63) is 0 Å². The Kier molecular flexibility index (Phi) is 7.82. The van der Waals surface area contributed by atoms with Crippen molar-refractivity contribution in [2.45, 2.75) is 26.8 Å². The molecule has 0 aromatic heterocycles. The van der Waals surface area contributed by atoms with E-state index in [0.29, 0.717) is 6.54 Å². The Balaban J connectivity index is 4.66. The molecular weight excluding hydrogens is 252 g/mol. The van der Waals surface area contributed by atoms with Gasteiger partial charge in [-0.2, -0.15) is 11.8 Å². The molecule has 1 atom stereocenters. The van der Waals surface area contributed by atoms with Gasteiger partial charge in [0.15, 0.2) is 0 Å². The fourth-order valence-electron chi connectivity index (χ4n) is 1.58. The molecule has 0 bridgehead atoms. The molecule has 18 heavy (non-hydrogen) atoms. The summed E-state index contributed by atoms with van der Waals surface area (Å²) < 4.78 is 0. The first-order valence-electron chi connectivity index (χ1n) is 6.02. The second-order valence-electron chi connectivity index (χ2n) is 4.87. The molecule has 0 heterocycles. The van der Waals surface area contributed by atoms with E-state index in [2.05, 4.69) is 0 Å². The smallest absolute Gasteiger partial charge is 0.323 e. The van der Waals surface area contributed by atoms with Crippen LogP contribution in [0.3, 0.4) is 0 Å². The molecule has 0 spiro atoms. The van der Waals surface area contributed by atoms with Gasteiger partial charge in [-0.25, -0.2) is 4.79 Å². The van der Waals surface area contributed by atoms with Gasteiger partial charge < -0.3 is 14.9 Å². The molecular formula is C12H24N2O3S. The summed E-state index contributed by atoms with van der Waals surface area (Å²) in [5, 5.41) is 8.85. The molecule has 0 fully saturated rings. The van der Waals surface area contributed by atoms with E-state index >= 15 is 0 Å². The molecule has 0 aliphatic carbocycles. The van der Waals surface area contributed by atoms with Gasteiger partial charge in [0.25, 0.3) is 0 Å². The molecule has 5 nitrogen and oxygen atoms in total. The monoisotopic (exact) mass is 276 g/mol. The van der Waals surface area contributed by atoms with Crippen LogP contribution in [-0.4, -0.2) is 65.1 Å². The second kappa shape index (κ2) is 8.24. The first-order valence-corrected chi connectivity index (χ1v) is 7.41. The standard InChI is InChI=1S/C12H24N2O3S/c1-9(2)6-14(7-11(15)16)12(17)13(4)10(3)8-18-5/h9-10H,6-8H2,1-5H3,(H,15,16). The second-order valence-corrected chi connectivity index (χ2v) is 5.78. The number of urea groups is 1. The van der Waals surface area contributed by atoms with Gasteiger partial charge in [-0.1, -0.05) is 13.8 Å². The number of nitrogens with zero attached hydrogens (tertiary/aromatic N) is 2. The Morgan fingerprint density at radius 2 is 1.83 bits per heavy atom. The summed E-state index contributed by atoms with van der Waals surface area (Å²) in [4.78, 5) is 26.0. The Hall–Kier alpha value is -0.910. The zero-order valence-corrected chi connectivity index (χ0v) is 12.7. The van der Waals surface area contributed by atoms with Gasteiger partial charge in [-0.15, -0.1) is 0 Å². The van der Waals surface area contributed by atoms with Crippen LogP contribution < -0.4 is 0 Å². The Morgan fingerprint density at radius 3 is 2.22 bits per heavy atom. The number of hydrogen-bond donors (Lipinski definition) is 1. The van der Waals surface area contributed by atoms with Crippen molar-refractivity contribution in [1.29, 1.82) is 0 Å². The highest BCUT2D eigenvalue weighted by Gasteiger charge is 2.24. The van der Waals surface area contributed by atoms with Crippen LogP contribution in [0.5, 0.6) is 0 Å². The van der Waals surface area contributed by atoms with Gasteiger partial charge in [0, 0.05) is 25.4 Å². The lowest BCUT2D eigenvalue weighted by Crippen LogP contribution is -2.48. The molecule has 0 aliphatic rings. The number of carboxylic acid groups (broad SMARTS) is 1. The average molecular weight is 276 g/mol. The first kappa shape index (κ1) is 17.1. The highest BCUT2D eigenvalue weighted by atomic mass is 32.2. The summed E-state index contributed by atoms with van der Waals surface area (Å²) in [6, 6.07) is -0.122. The summed E-state index contributed by atoms with van der Waals surface area (Å²) >= 11 is 1.67. The summed E-state index contributed by atoms with van der Waals surface area (Å²) in [7, 11) is 1.72. The maximum Gasteiger partial charge on any atom is 0.323 e. The molecule has 0 rings (SSSR count). The molecule has 0 saturated carbocycles. The molecule has 0 aromatic rings. The minimum absolute atomic E-state index is 0.0935. The lowest BCUT2D eigenvalue weighted by Gasteiger charge is -2.31. The summed E-state index contributed by atoms with van der Waals surface area (Å²) in [6.07, 6.45) is 1.98. The van der Waals surface area contributed by atoms with E-state index in [1.54, 1.807) is 23.7 Å². The lowest BCUT2D eigenvalue weighted by atomic mass is 10.2. The van der Waals surface area contributed by atoms with E-state index in [4.69, 9.17) is 5.11 Å². The van der Waals surface area contributed by atoms with Crippen molar-refractivity contribution in [3.8, 4) is 0 Å². The third-order valence-electron chi connectivity index (χ3n) is 2.55. The van der Waals surface area contributed by atoms with Gasteiger partial charge in [0.05, 0.1) is 0 Å². The third kappa shape index (κ3) is 6.14. The Morgan fingerprint density at radius 1 is 1.28 bits per heavy atom. The van der Waals surface area contributed by atoms with Crippen molar-refractivity contribution in [1.82, 2.24) is 9.80 Å². The minimum Gasteiger partial charge on any atom is -0.480 e. The van der Waals surface area contributed by atoms with E-state index in [1.165, 1.54) is 4.90 Å². The lowest BCUT2D eigenvalue weighted by molar-refractivity contribution is -0.137. The van der Waals surface area contributed by atoms with E-state index < -0.39 is 5.97 Å². The Bertz CT molecular complexity index is 284. The van der Waals surface area contributed by atoms with Crippen LogP contribution in [0.15, 0.2) is 0 Å². The SMILES string of the molecule is CSCC(C)N(C)C(=O)N(CC(=O)O)CC(C)C. The van der Waals surface area contributed by atoms with Crippen molar-refractivity contribution >= 4 is 23.8 Å². The summed E-state index contributed by atoms with van der Waals surface area (Å²) in [6.45, 7) is 6.11. The van der Waals surface area contributed by atoms with Crippen LogP contribution in [0.1, 0.15) is 20.8 Å². The normalized spacial score (nSPS) is 12.3. The highest BCUT2D eigenvalue weighted by molar-refractivity contribution is 7.98. The van der Waals surface area contributed by atoms with Crippen molar-refractivity contribution in [2.75, 3.05) is 32.1 Å². The summed E-state index contributed by atoms with van der Waals surface area (Å²) in [5.74, 6) is 0.109. The zero-order valence-electron chi connectivity index (χ0n) is 11.8. The van der Waals surface area contributed by atoms with Crippen LogP contribution in [0.2, 0.25) is 0 Å². The van der Waals surface area contributed by atoms with Crippen molar-refractivity contribution < 1.29 is 14.7 Å². The number of hydrogen-bond acceptors (Lipinski definition) is 3. The van der Waals surface area contributed by atoms with E-state index in [9.17, 15) is 9.59 Å². The fraction of sp³-hybridized carbons (Fsp3) is 0.833. The first-order chi connectivity index (χ1) is 8.29. The van der Waals surface area contributed by atoms with Gasteiger partial charge in [0.1, 0.15) is 6.54 Å². The molecule has 6 heteroatoms.